The number of nitrogens with one attached hydrogen (secondary N) is 1. The van der Waals surface area contributed by atoms with E-state index in [9.17, 15) is 4.79 Å². The number of carbonyl (C=O) groups is 1. The molecule has 0 bridgehead atoms. The number of aromatic nitrogens is 1. The summed E-state index contributed by atoms with van der Waals surface area (Å²) in [5, 5.41) is 7.00. The van der Waals surface area contributed by atoms with Crippen LogP contribution in [0.25, 0.3) is 0 Å². The Morgan fingerprint density at radius 2 is 1.92 bits per heavy atom. The van der Waals surface area contributed by atoms with Gasteiger partial charge >= 0.3 is 0 Å². The van der Waals surface area contributed by atoms with Crippen molar-refractivity contribution in [2.24, 2.45) is 0 Å². The van der Waals surface area contributed by atoms with E-state index in [1.807, 2.05) is 39.0 Å². The fourth-order valence-electron chi connectivity index (χ4n) is 3.23. The largest absolute Gasteiger partial charge is 0.488 e. The van der Waals surface area contributed by atoms with E-state index in [0.29, 0.717) is 17.0 Å². The molecule has 0 saturated heterocycles. The summed E-state index contributed by atoms with van der Waals surface area (Å²) in [7, 11) is 0. The van der Waals surface area contributed by atoms with E-state index in [1.165, 1.54) is 12.8 Å². The van der Waals surface area contributed by atoms with Crippen molar-refractivity contribution in [3.63, 3.8) is 0 Å². The highest BCUT2D eigenvalue weighted by Crippen LogP contribution is 2.25. The van der Waals surface area contributed by atoms with Gasteiger partial charge in [-0.05, 0) is 44.7 Å². The van der Waals surface area contributed by atoms with E-state index >= 15 is 0 Å². The lowest BCUT2D eigenvalue weighted by molar-refractivity contribution is 0.0926. The van der Waals surface area contributed by atoms with Crippen LogP contribution in [0.15, 0.2) is 22.7 Å². The zero-order chi connectivity index (χ0) is 17.1. The highest BCUT2D eigenvalue weighted by molar-refractivity contribution is 5.94. The molecule has 1 N–H and O–H groups in total. The second-order valence-electron chi connectivity index (χ2n) is 6.53. The lowest BCUT2D eigenvalue weighted by Gasteiger charge is -2.13. The summed E-state index contributed by atoms with van der Waals surface area (Å²) >= 11 is 0. The molecule has 1 amide bonds. The van der Waals surface area contributed by atoms with Crippen LogP contribution in [0.5, 0.6) is 5.75 Å². The molecule has 5 heteroatoms. The highest BCUT2D eigenvalue weighted by Gasteiger charge is 2.24. The quantitative estimate of drug-likeness (QED) is 0.905. The Morgan fingerprint density at radius 1 is 1.25 bits per heavy atom. The summed E-state index contributed by atoms with van der Waals surface area (Å²) in [5.41, 5.74) is 3.20. The minimum absolute atomic E-state index is 0.168. The van der Waals surface area contributed by atoms with Crippen LogP contribution < -0.4 is 10.1 Å². The molecule has 0 aliphatic heterocycles. The van der Waals surface area contributed by atoms with Crippen molar-refractivity contribution in [3.8, 4) is 5.75 Å². The Hall–Kier alpha value is -2.30. The Kier molecular flexibility index (Phi) is 4.88. The molecule has 128 valence electrons. The molecule has 24 heavy (non-hydrogen) atoms. The molecule has 0 atom stereocenters. The molecule has 1 aromatic heterocycles. The number of aryl methyl sites for hydroxylation is 3. The second kappa shape index (κ2) is 7.07. The maximum atomic E-state index is 12.5. The molecule has 3 rings (SSSR count). The molecule has 1 saturated carbocycles. The number of hydrogen-bond donors (Lipinski definition) is 1. The van der Waals surface area contributed by atoms with Crippen LogP contribution in [-0.4, -0.2) is 17.1 Å². The molecule has 2 aromatic rings. The van der Waals surface area contributed by atoms with Gasteiger partial charge in [0.05, 0.1) is 5.56 Å². The van der Waals surface area contributed by atoms with Gasteiger partial charge in [0.1, 0.15) is 18.1 Å². The van der Waals surface area contributed by atoms with Crippen molar-refractivity contribution >= 4 is 5.91 Å². The van der Waals surface area contributed by atoms with Crippen LogP contribution in [0.4, 0.5) is 0 Å². The van der Waals surface area contributed by atoms with Crippen LogP contribution in [-0.2, 0) is 6.61 Å². The smallest absolute Gasteiger partial charge is 0.274 e. The van der Waals surface area contributed by atoms with Gasteiger partial charge in [-0.2, -0.15) is 0 Å². The second-order valence-corrected chi connectivity index (χ2v) is 6.53. The molecule has 1 aromatic carbocycles. The normalized spacial score (nSPS) is 14.8. The molecule has 1 aliphatic rings. The van der Waals surface area contributed by atoms with Crippen LogP contribution >= 0.6 is 0 Å². The van der Waals surface area contributed by atoms with Gasteiger partial charge in [-0.15, -0.1) is 0 Å². The first-order valence-electron chi connectivity index (χ1n) is 8.51. The molecule has 1 heterocycles. The standard InChI is InChI=1S/C19H24N2O3/c1-12-7-6-8-13(2)18(12)23-11-16-14(3)24-21-17(16)19(22)20-15-9-4-5-10-15/h6-8,15H,4-5,9-11H2,1-3H3,(H,20,22). The molecule has 5 nitrogen and oxygen atoms in total. The fraction of sp³-hybridized carbons (Fsp3) is 0.474. The summed E-state index contributed by atoms with van der Waals surface area (Å²) in [4.78, 5) is 12.5. The molecule has 1 aliphatic carbocycles. The number of ether oxygens (including phenoxy) is 1. The predicted octanol–water partition coefficient (Wildman–Crippen LogP) is 3.85. The molecule has 0 unspecified atom stereocenters. The van der Waals surface area contributed by atoms with Gasteiger partial charge in [0.2, 0.25) is 0 Å². The Morgan fingerprint density at radius 3 is 2.58 bits per heavy atom. The Labute approximate surface area is 142 Å². The number of hydrogen-bond acceptors (Lipinski definition) is 4. The molecule has 1 fully saturated rings. The van der Waals surface area contributed by atoms with E-state index in [1.54, 1.807) is 0 Å². The van der Waals surface area contributed by atoms with E-state index in [2.05, 4.69) is 10.5 Å². The number of carbonyl (C=O) groups excluding carboxylic acids is 1. The lowest BCUT2D eigenvalue weighted by atomic mass is 10.1. The van der Waals surface area contributed by atoms with E-state index in [-0.39, 0.29) is 18.6 Å². The van der Waals surface area contributed by atoms with Crippen LogP contribution in [0, 0.1) is 20.8 Å². The van der Waals surface area contributed by atoms with Crippen molar-refractivity contribution in [3.05, 3.63) is 46.3 Å². The summed E-state index contributed by atoms with van der Waals surface area (Å²) < 4.78 is 11.2. The summed E-state index contributed by atoms with van der Waals surface area (Å²) in [6.45, 7) is 6.10. The fourth-order valence-corrected chi connectivity index (χ4v) is 3.23. The number of rotatable bonds is 5. The molecule has 0 spiro atoms. The van der Waals surface area contributed by atoms with Gasteiger partial charge in [0.15, 0.2) is 5.69 Å². The average molecular weight is 328 g/mol. The third-order valence-electron chi connectivity index (χ3n) is 4.66. The minimum atomic E-state index is -0.168. The first-order valence-corrected chi connectivity index (χ1v) is 8.51. The van der Waals surface area contributed by atoms with E-state index < -0.39 is 0 Å². The Balaban J connectivity index is 1.74. The SMILES string of the molecule is Cc1cccc(C)c1OCc1c(C(=O)NC2CCCC2)noc1C. The minimum Gasteiger partial charge on any atom is -0.488 e. The summed E-state index contributed by atoms with van der Waals surface area (Å²) in [6, 6.07) is 6.28. The Bertz CT molecular complexity index is 710. The van der Waals surface area contributed by atoms with Gasteiger partial charge in [-0.25, -0.2) is 0 Å². The third kappa shape index (κ3) is 3.45. The number of amides is 1. The van der Waals surface area contributed by atoms with Crippen molar-refractivity contribution in [1.82, 2.24) is 10.5 Å². The first-order chi connectivity index (χ1) is 11.6. The summed E-state index contributed by atoms with van der Waals surface area (Å²) in [6.07, 6.45) is 4.42. The highest BCUT2D eigenvalue weighted by atomic mass is 16.5. The monoisotopic (exact) mass is 328 g/mol. The maximum Gasteiger partial charge on any atom is 0.274 e. The van der Waals surface area contributed by atoms with Crippen LogP contribution in [0.3, 0.4) is 0 Å². The van der Waals surface area contributed by atoms with E-state index in [0.717, 1.165) is 29.7 Å². The van der Waals surface area contributed by atoms with Gasteiger partial charge < -0.3 is 14.6 Å². The third-order valence-corrected chi connectivity index (χ3v) is 4.66. The van der Waals surface area contributed by atoms with Crippen molar-refractivity contribution in [2.75, 3.05) is 0 Å². The number of nitrogens with zero attached hydrogens (tertiary/aromatic N) is 1. The van der Waals surface area contributed by atoms with Gasteiger partial charge in [-0.3, -0.25) is 4.79 Å². The van der Waals surface area contributed by atoms with Gasteiger partial charge in [-0.1, -0.05) is 36.2 Å². The maximum absolute atomic E-state index is 12.5. The predicted molar refractivity (Wildman–Crippen MR) is 91.2 cm³/mol. The zero-order valence-corrected chi connectivity index (χ0v) is 14.5. The molecule has 0 radical (unpaired) electrons. The zero-order valence-electron chi connectivity index (χ0n) is 14.5. The van der Waals surface area contributed by atoms with Crippen LogP contribution in [0.2, 0.25) is 0 Å². The number of para-hydroxylation sites is 1. The van der Waals surface area contributed by atoms with Crippen molar-refractivity contribution in [2.45, 2.75) is 59.1 Å². The number of benzene rings is 1. The lowest BCUT2D eigenvalue weighted by Crippen LogP contribution is -2.33. The topological polar surface area (TPSA) is 64.4 Å². The first kappa shape index (κ1) is 16.6. The van der Waals surface area contributed by atoms with Crippen molar-refractivity contribution in [1.29, 1.82) is 0 Å². The summed E-state index contributed by atoms with van der Waals surface area (Å²) in [5.74, 6) is 1.30. The van der Waals surface area contributed by atoms with Crippen molar-refractivity contribution < 1.29 is 14.1 Å². The van der Waals surface area contributed by atoms with Gasteiger partial charge in [0, 0.05) is 6.04 Å². The molecular weight excluding hydrogens is 304 g/mol. The average Bonchev–Trinajstić information content (AvgIpc) is 3.17. The van der Waals surface area contributed by atoms with E-state index in [4.69, 9.17) is 9.26 Å². The van der Waals surface area contributed by atoms with Crippen LogP contribution in [0.1, 0.15) is 58.6 Å². The van der Waals surface area contributed by atoms with Gasteiger partial charge in [0.25, 0.3) is 5.91 Å². The molecular formula is C19H24N2O3.